The molecular weight excluding hydrogens is 207 g/mol. The Morgan fingerprint density at radius 3 is 2.44 bits per heavy atom. The first-order valence-corrected chi connectivity index (χ1v) is 5.49. The zero-order chi connectivity index (χ0) is 11.6. The van der Waals surface area contributed by atoms with Gasteiger partial charge in [-0.15, -0.1) is 0 Å². The van der Waals surface area contributed by atoms with E-state index in [1.54, 1.807) is 7.11 Å². The van der Waals surface area contributed by atoms with Gasteiger partial charge in [-0.05, 0) is 43.5 Å². The largest absolute Gasteiger partial charge is 0.378 e. The van der Waals surface area contributed by atoms with Crippen molar-refractivity contribution in [3.05, 3.63) is 35.6 Å². The van der Waals surface area contributed by atoms with Gasteiger partial charge in [0.05, 0.1) is 5.60 Å². The van der Waals surface area contributed by atoms with Crippen molar-refractivity contribution in [1.29, 1.82) is 0 Å². The Bertz CT molecular complexity index is 374. The lowest BCUT2D eigenvalue weighted by molar-refractivity contribution is -0.0704. The number of carbonyl (C=O) groups excluding carboxylic acids is 1. The highest BCUT2D eigenvalue weighted by atomic mass is 19.1. The highest BCUT2D eigenvalue weighted by Crippen LogP contribution is 2.38. The lowest BCUT2D eigenvalue weighted by atomic mass is 9.76. The van der Waals surface area contributed by atoms with Gasteiger partial charge in [-0.1, -0.05) is 0 Å². The monoisotopic (exact) mass is 222 g/mol. The fourth-order valence-electron chi connectivity index (χ4n) is 2.05. The van der Waals surface area contributed by atoms with E-state index in [2.05, 4.69) is 0 Å². The molecule has 86 valence electrons. The van der Waals surface area contributed by atoms with E-state index in [9.17, 15) is 9.18 Å². The molecule has 0 N–H and O–H groups in total. The van der Waals surface area contributed by atoms with Gasteiger partial charge >= 0.3 is 0 Å². The van der Waals surface area contributed by atoms with E-state index < -0.39 is 0 Å². The molecule has 0 saturated heterocycles. The minimum atomic E-state index is -0.318. The maximum absolute atomic E-state index is 12.7. The van der Waals surface area contributed by atoms with E-state index in [1.165, 1.54) is 24.3 Å². The lowest BCUT2D eigenvalue weighted by Gasteiger charge is -2.40. The zero-order valence-corrected chi connectivity index (χ0v) is 9.33. The Kier molecular flexibility index (Phi) is 3.06. The summed E-state index contributed by atoms with van der Waals surface area (Å²) in [4.78, 5) is 11.9. The fourth-order valence-corrected chi connectivity index (χ4v) is 2.05. The molecule has 0 amide bonds. The van der Waals surface area contributed by atoms with E-state index in [-0.39, 0.29) is 17.2 Å². The Hall–Kier alpha value is -1.22. The van der Waals surface area contributed by atoms with E-state index in [1.807, 2.05) is 0 Å². The molecule has 0 unspecified atom stereocenters. The molecule has 2 rings (SSSR count). The van der Waals surface area contributed by atoms with Crippen molar-refractivity contribution in [3.63, 3.8) is 0 Å². The van der Waals surface area contributed by atoms with Crippen molar-refractivity contribution in [2.45, 2.75) is 31.3 Å². The summed E-state index contributed by atoms with van der Waals surface area (Å²) >= 11 is 0. The van der Waals surface area contributed by atoms with Crippen LogP contribution in [0.25, 0.3) is 0 Å². The number of methoxy groups -OCH3 is 1. The van der Waals surface area contributed by atoms with Gasteiger partial charge in [-0.25, -0.2) is 4.39 Å². The van der Waals surface area contributed by atoms with Crippen LogP contribution in [0.15, 0.2) is 24.3 Å². The van der Waals surface area contributed by atoms with Gasteiger partial charge in [0, 0.05) is 19.1 Å². The molecule has 1 aromatic rings. The molecule has 2 nitrogen and oxygen atoms in total. The molecule has 0 aliphatic heterocycles. The van der Waals surface area contributed by atoms with Gasteiger partial charge < -0.3 is 4.74 Å². The summed E-state index contributed by atoms with van der Waals surface area (Å²) in [5, 5.41) is 0. The lowest BCUT2D eigenvalue weighted by Crippen LogP contribution is -2.41. The predicted octanol–water partition coefficient (Wildman–Crippen LogP) is 2.97. The molecule has 1 aromatic carbocycles. The van der Waals surface area contributed by atoms with Crippen LogP contribution in [0.4, 0.5) is 4.39 Å². The van der Waals surface area contributed by atoms with Gasteiger partial charge in [0.1, 0.15) is 5.82 Å². The van der Waals surface area contributed by atoms with Crippen molar-refractivity contribution in [2.75, 3.05) is 7.11 Å². The Morgan fingerprint density at radius 1 is 1.38 bits per heavy atom. The summed E-state index contributed by atoms with van der Waals surface area (Å²) in [6.07, 6.45) is 3.40. The highest BCUT2D eigenvalue weighted by molar-refractivity contribution is 5.96. The molecule has 3 heteroatoms. The third-order valence-electron chi connectivity index (χ3n) is 3.35. The number of ketones is 1. The predicted molar refractivity (Wildman–Crippen MR) is 58.9 cm³/mol. The molecular formula is C13H15FO2. The number of carbonyl (C=O) groups is 1. The van der Waals surface area contributed by atoms with Crippen molar-refractivity contribution >= 4 is 5.78 Å². The number of Topliss-reactive ketones (excluding diaryl/α,β-unsaturated/α-hetero) is 1. The van der Waals surface area contributed by atoms with Crippen molar-refractivity contribution < 1.29 is 13.9 Å². The number of ether oxygens (including phenoxy) is 1. The number of hydrogen-bond acceptors (Lipinski definition) is 2. The van der Waals surface area contributed by atoms with Gasteiger partial charge in [0.15, 0.2) is 5.78 Å². The number of hydrogen-bond donors (Lipinski definition) is 0. The maximum Gasteiger partial charge on any atom is 0.165 e. The first-order valence-electron chi connectivity index (χ1n) is 5.49. The molecule has 0 atom stereocenters. The van der Waals surface area contributed by atoms with E-state index in [0.717, 1.165) is 19.3 Å². The van der Waals surface area contributed by atoms with E-state index in [0.29, 0.717) is 12.0 Å². The van der Waals surface area contributed by atoms with Crippen LogP contribution >= 0.6 is 0 Å². The molecule has 0 radical (unpaired) electrons. The van der Waals surface area contributed by atoms with E-state index >= 15 is 0 Å². The summed E-state index contributed by atoms with van der Waals surface area (Å²) < 4.78 is 18.1. The van der Waals surface area contributed by atoms with Crippen LogP contribution < -0.4 is 0 Å². The molecule has 1 fully saturated rings. The molecule has 0 aromatic heterocycles. The number of benzene rings is 1. The van der Waals surface area contributed by atoms with Crippen LogP contribution in [-0.2, 0) is 4.74 Å². The molecule has 0 bridgehead atoms. The summed E-state index contributed by atoms with van der Waals surface area (Å²) in [5.41, 5.74) is 0.301. The topological polar surface area (TPSA) is 26.3 Å². The van der Waals surface area contributed by atoms with Crippen LogP contribution in [0.2, 0.25) is 0 Å². The highest BCUT2D eigenvalue weighted by Gasteiger charge is 2.38. The van der Waals surface area contributed by atoms with Crippen LogP contribution in [0, 0.1) is 5.82 Å². The standard InChI is InChI=1S/C13H15FO2/c1-16-13(7-2-8-13)9-12(15)10-3-5-11(14)6-4-10/h3-6H,2,7-9H2,1H3. The second kappa shape index (κ2) is 4.34. The molecule has 1 aliphatic carbocycles. The third-order valence-corrected chi connectivity index (χ3v) is 3.35. The molecule has 1 aliphatic rings. The Balaban J connectivity index is 2.05. The normalized spacial score (nSPS) is 17.9. The van der Waals surface area contributed by atoms with Crippen LogP contribution in [0.3, 0.4) is 0 Å². The van der Waals surface area contributed by atoms with Crippen molar-refractivity contribution in [1.82, 2.24) is 0 Å². The minimum Gasteiger partial charge on any atom is -0.378 e. The summed E-state index contributed by atoms with van der Waals surface area (Å²) in [6.45, 7) is 0. The Morgan fingerprint density at radius 2 is 2.00 bits per heavy atom. The van der Waals surface area contributed by atoms with Gasteiger partial charge in [0.25, 0.3) is 0 Å². The summed E-state index contributed by atoms with van der Waals surface area (Å²) in [6, 6.07) is 5.68. The number of halogens is 1. The second-order valence-electron chi connectivity index (χ2n) is 4.35. The molecule has 0 heterocycles. The number of rotatable bonds is 4. The van der Waals surface area contributed by atoms with Crippen LogP contribution in [0.5, 0.6) is 0 Å². The van der Waals surface area contributed by atoms with Crippen molar-refractivity contribution in [2.24, 2.45) is 0 Å². The van der Waals surface area contributed by atoms with Crippen LogP contribution in [-0.4, -0.2) is 18.5 Å². The minimum absolute atomic E-state index is 0.0292. The van der Waals surface area contributed by atoms with Gasteiger partial charge in [0.2, 0.25) is 0 Å². The van der Waals surface area contributed by atoms with Crippen molar-refractivity contribution in [3.8, 4) is 0 Å². The molecule has 1 saturated carbocycles. The summed E-state index contributed by atoms with van der Waals surface area (Å²) in [7, 11) is 1.65. The summed E-state index contributed by atoms with van der Waals surface area (Å²) in [5.74, 6) is -0.289. The first kappa shape index (κ1) is 11.3. The van der Waals surface area contributed by atoms with E-state index in [4.69, 9.17) is 4.74 Å². The fraction of sp³-hybridized carbons (Fsp3) is 0.462. The Labute approximate surface area is 94.4 Å². The van der Waals surface area contributed by atoms with Crippen LogP contribution in [0.1, 0.15) is 36.0 Å². The first-order chi connectivity index (χ1) is 7.65. The smallest absolute Gasteiger partial charge is 0.165 e. The average molecular weight is 222 g/mol. The quantitative estimate of drug-likeness (QED) is 0.732. The van der Waals surface area contributed by atoms with Gasteiger partial charge in [-0.3, -0.25) is 4.79 Å². The molecule has 16 heavy (non-hydrogen) atoms. The second-order valence-corrected chi connectivity index (χ2v) is 4.35. The molecule has 0 spiro atoms. The average Bonchev–Trinajstić information content (AvgIpc) is 2.24. The SMILES string of the molecule is COC1(CC(=O)c2ccc(F)cc2)CCC1. The zero-order valence-electron chi connectivity index (χ0n) is 9.33. The third kappa shape index (κ3) is 2.14. The van der Waals surface area contributed by atoms with Gasteiger partial charge in [-0.2, -0.15) is 0 Å². The maximum atomic E-state index is 12.7.